The van der Waals surface area contributed by atoms with Crippen LogP contribution in [-0.2, 0) is 29.2 Å². The quantitative estimate of drug-likeness (QED) is 0.583. The normalized spacial score (nSPS) is 18.1. The average molecular weight is 499 g/mol. The third-order valence-corrected chi connectivity index (χ3v) is 6.66. The van der Waals surface area contributed by atoms with Crippen LogP contribution in [0.25, 0.3) is 0 Å². The molecule has 0 aliphatic carbocycles. The predicted octanol–water partition coefficient (Wildman–Crippen LogP) is 3.14. The second-order valence-corrected chi connectivity index (χ2v) is 8.94. The topological polar surface area (TPSA) is 89.4 Å². The van der Waals surface area contributed by atoms with Crippen LogP contribution in [0.4, 0.5) is 13.2 Å². The van der Waals surface area contributed by atoms with Crippen LogP contribution in [0.2, 0.25) is 0 Å². The van der Waals surface area contributed by atoms with Crippen molar-refractivity contribution in [1.29, 1.82) is 0 Å². The second kappa shape index (κ2) is 10.1. The Morgan fingerprint density at radius 2 is 1.75 bits per heavy atom. The van der Waals surface area contributed by atoms with Crippen LogP contribution in [0.3, 0.4) is 0 Å². The molecule has 2 amide bonds. The summed E-state index contributed by atoms with van der Waals surface area (Å²) >= 11 is 0. The lowest BCUT2D eigenvalue weighted by Crippen LogP contribution is -2.43. The Morgan fingerprint density at radius 3 is 2.47 bits per heavy atom. The highest BCUT2D eigenvalue weighted by Gasteiger charge is 2.33. The maximum absolute atomic E-state index is 13.8. The fourth-order valence-electron chi connectivity index (χ4n) is 4.54. The van der Waals surface area contributed by atoms with Gasteiger partial charge in [0.2, 0.25) is 5.91 Å². The molecular weight excluding hydrogens is 475 g/mol. The van der Waals surface area contributed by atoms with E-state index < -0.39 is 11.6 Å². The van der Waals surface area contributed by atoms with Crippen molar-refractivity contribution in [3.63, 3.8) is 0 Å². The summed E-state index contributed by atoms with van der Waals surface area (Å²) in [5, 5.41) is 10.9. The van der Waals surface area contributed by atoms with Gasteiger partial charge in [-0.1, -0.05) is 23.4 Å². The van der Waals surface area contributed by atoms with Crippen LogP contribution in [0.15, 0.2) is 42.5 Å². The molecule has 0 radical (unpaired) electrons. The van der Waals surface area contributed by atoms with Gasteiger partial charge in [-0.25, -0.2) is 17.9 Å². The van der Waals surface area contributed by atoms with Crippen molar-refractivity contribution in [2.75, 3.05) is 13.1 Å². The summed E-state index contributed by atoms with van der Waals surface area (Å²) < 4.78 is 47.6. The first-order chi connectivity index (χ1) is 17.4. The molecule has 3 heterocycles. The van der Waals surface area contributed by atoms with Gasteiger partial charge < -0.3 is 15.0 Å². The van der Waals surface area contributed by atoms with E-state index in [1.165, 1.54) is 18.2 Å². The number of hydrogen-bond acceptors (Lipinski definition) is 5. The largest absolute Gasteiger partial charge is 0.365 e. The van der Waals surface area contributed by atoms with Gasteiger partial charge >= 0.3 is 0 Å². The molecule has 5 rings (SSSR count). The molecule has 0 spiro atoms. The van der Waals surface area contributed by atoms with E-state index in [0.29, 0.717) is 38.2 Å². The molecule has 0 unspecified atom stereocenters. The van der Waals surface area contributed by atoms with E-state index in [0.717, 1.165) is 17.7 Å². The summed E-state index contributed by atoms with van der Waals surface area (Å²) in [4.78, 5) is 27.3. The zero-order valence-corrected chi connectivity index (χ0v) is 19.3. The average Bonchev–Trinajstić information content (AvgIpc) is 3.31. The molecule has 2 aliphatic heterocycles. The molecule has 1 atom stereocenters. The van der Waals surface area contributed by atoms with Crippen molar-refractivity contribution in [1.82, 2.24) is 25.2 Å². The minimum absolute atomic E-state index is 0.0323. The number of nitrogens with zero attached hydrogens (tertiary/aromatic N) is 4. The van der Waals surface area contributed by atoms with Gasteiger partial charge in [0.25, 0.3) is 5.91 Å². The molecule has 3 aromatic rings. The van der Waals surface area contributed by atoms with E-state index in [1.807, 2.05) is 0 Å². The van der Waals surface area contributed by atoms with Crippen LogP contribution >= 0.6 is 0 Å². The number of ether oxygens (including phenoxy) is 1. The van der Waals surface area contributed by atoms with Crippen LogP contribution in [-0.4, -0.2) is 44.8 Å². The number of carbonyl (C=O) groups is 2. The Morgan fingerprint density at radius 1 is 1.03 bits per heavy atom. The van der Waals surface area contributed by atoms with Crippen molar-refractivity contribution < 1.29 is 27.5 Å². The third kappa shape index (κ3) is 4.97. The SMILES string of the molecule is O=C(NCc1ccc(F)cc1F)C1CCN(C(=O)c2nnn3c2CO[C@H](c2ccc(F)cc2)C3)CC1. The molecular formula is C25H24F3N5O3. The van der Waals surface area contributed by atoms with Gasteiger partial charge in [-0.3, -0.25) is 9.59 Å². The van der Waals surface area contributed by atoms with Gasteiger partial charge in [-0.05, 0) is 36.6 Å². The van der Waals surface area contributed by atoms with Crippen LogP contribution in [0.5, 0.6) is 0 Å². The van der Waals surface area contributed by atoms with E-state index >= 15 is 0 Å². The lowest BCUT2D eigenvalue weighted by molar-refractivity contribution is -0.126. The molecule has 0 bridgehead atoms. The summed E-state index contributed by atoms with van der Waals surface area (Å²) in [6.07, 6.45) is 0.590. The minimum Gasteiger partial charge on any atom is -0.365 e. The lowest BCUT2D eigenvalue weighted by atomic mass is 9.95. The van der Waals surface area contributed by atoms with Gasteiger partial charge in [0.05, 0.1) is 18.8 Å². The summed E-state index contributed by atoms with van der Waals surface area (Å²) in [5.41, 5.74) is 1.83. The van der Waals surface area contributed by atoms with Crippen molar-refractivity contribution >= 4 is 11.8 Å². The Labute approximate surface area is 205 Å². The number of likely N-dealkylation sites (tertiary alicyclic amines) is 1. The Balaban J connectivity index is 1.15. The Kier molecular flexibility index (Phi) is 6.73. The number of hydrogen-bond donors (Lipinski definition) is 1. The Hall–Kier alpha value is -3.73. The van der Waals surface area contributed by atoms with E-state index in [2.05, 4.69) is 15.6 Å². The molecule has 2 aliphatic rings. The zero-order chi connectivity index (χ0) is 25.2. The molecule has 2 aromatic carbocycles. The fraction of sp³-hybridized carbons (Fsp3) is 0.360. The summed E-state index contributed by atoms with van der Waals surface area (Å²) in [6, 6.07) is 9.28. The number of halogens is 3. The smallest absolute Gasteiger partial charge is 0.276 e. The molecule has 0 saturated carbocycles. The van der Waals surface area contributed by atoms with E-state index in [-0.39, 0.29) is 54.1 Å². The van der Waals surface area contributed by atoms with Crippen molar-refractivity contribution in [2.45, 2.75) is 38.6 Å². The molecule has 1 aromatic heterocycles. The van der Waals surface area contributed by atoms with Gasteiger partial charge in [0.15, 0.2) is 5.69 Å². The first kappa shape index (κ1) is 24.0. The highest BCUT2D eigenvalue weighted by molar-refractivity contribution is 5.93. The number of nitrogens with one attached hydrogen (secondary N) is 1. The first-order valence-electron chi connectivity index (χ1n) is 11.7. The van der Waals surface area contributed by atoms with Crippen molar-refractivity contribution in [3.8, 4) is 0 Å². The number of aromatic nitrogens is 3. The highest BCUT2D eigenvalue weighted by Crippen LogP contribution is 2.28. The standard InChI is InChI=1S/C25H24F3N5O3/c26-18-4-1-15(2-5-18)22-13-33-21(14-36-22)23(30-31-33)25(35)32-9-7-16(8-10-32)24(34)29-12-17-3-6-19(27)11-20(17)28/h1-6,11,16,22H,7-10,12-14H2,(H,29,34)/t22-/m0/s1. The predicted molar refractivity (Wildman–Crippen MR) is 121 cm³/mol. The van der Waals surface area contributed by atoms with Gasteiger partial charge in [-0.15, -0.1) is 5.10 Å². The van der Waals surface area contributed by atoms with Gasteiger partial charge in [0.1, 0.15) is 23.6 Å². The van der Waals surface area contributed by atoms with E-state index in [9.17, 15) is 22.8 Å². The summed E-state index contributed by atoms with van der Waals surface area (Å²) in [7, 11) is 0. The number of fused-ring (bicyclic) bond motifs is 1. The lowest BCUT2D eigenvalue weighted by Gasteiger charge is -2.31. The summed E-state index contributed by atoms with van der Waals surface area (Å²) in [5.74, 6) is -2.52. The third-order valence-electron chi connectivity index (χ3n) is 6.66. The molecule has 1 fully saturated rings. The Bertz CT molecular complexity index is 1270. The number of carbonyl (C=O) groups excluding carboxylic acids is 2. The van der Waals surface area contributed by atoms with Crippen LogP contribution in [0.1, 0.15) is 46.3 Å². The highest BCUT2D eigenvalue weighted by atomic mass is 19.1. The number of piperidine rings is 1. The number of rotatable bonds is 5. The molecule has 1 saturated heterocycles. The van der Waals surface area contributed by atoms with Crippen molar-refractivity contribution in [2.24, 2.45) is 5.92 Å². The maximum atomic E-state index is 13.8. The van der Waals surface area contributed by atoms with Gasteiger partial charge in [0, 0.05) is 37.2 Å². The number of amides is 2. The monoisotopic (exact) mass is 499 g/mol. The van der Waals surface area contributed by atoms with Crippen LogP contribution < -0.4 is 5.32 Å². The fourth-order valence-corrected chi connectivity index (χ4v) is 4.54. The van der Waals surface area contributed by atoms with Crippen LogP contribution in [0, 0.1) is 23.4 Å². The zero-order valence-electron chi connectivity index (χ0n) is 19.3. The van der Waals surface area contributed by atoms with E-state index in [4.69, 9.17) is 4.74 Å². The molecule has 11 heteroatoms. The van der Waals surface area contributed by atoms with Gasteiger partial charge in [-0.2, -0.15) is 0 Å². The summed E-state index contributed by atoms with van der Waals surface area (Å²) in [6.45, 7) is 1.21. The van der Waals surface area contributed by atoms with Crippen molar-refractivity contribution in [3.05, 3.63) is 82.4 Å². The molecule has 8 nitrogen and oxygen atoms in total. The second-order valence-electron chi connectivity index (χ2n) is 8.94. The minimum atomic E-state index is -0.708. The first-order valence-corrected chi connectivity index (χ1v) is 11.7. The molecule has 1 N–H and O–H groups in total. The maximum Gasteiger partial charge on any atom is 0.276 e. The van der Waals surface area contributed by atoms with E-state index in [1.54, 1.807) is 21.7 Å². The molecule has 36 heavy (non-hydrogen) atoms. The number of benzene rings is 2. The molecule has 188 valence electrons.